The van der Waals surface area contributed by atoms with E-state index < -0.39 is 20.9 Å². The first-order valence-corrected chi connectivity index (χ1v) is 12.2. The second-order valence-electron chi connectivity index (χ2n) is 8.90. The van der Waals surface area contributed by atoms with E-state index >= 15 is 0 Å². The molecule has 2 aliphatic rings. The zero-order valence-corrected chi connectivity index (χ0v) is 19.5. The number of allylic oxidation sites excluding steroid dienone is 2. The number of hydrogen-bond donors (Lipinski definition) is 2. The first kappa shape index (κ1) is 23.0. The van der Waals surface area contributed by atoms with Gasteiger partial charge in [-0.2, -0.15) is 0 Å². The maximum atomic E-state index is 13.7. The predicted molar refractivity (Wildman–Crippen MR) is 128 cm³/mol. The van der Waals surface area contributed by atoms with E-state index in [0.29, 0.717) is 24.4 Å². The summed E-state index contributed by atoms with van der Waals surface area (Å²) in [6.07, 6.45) is 12.1. The van der Waals surface area contributed by atoms with Crippen LogP contribution in [0.4, 0.5) is 0 Å². The van der Waals surface area contributed by atoms with E-state index in [1.165, 1.54) is 12.1 Å². The van der Waals surface area contributed by atoms with Gasteiger partial charge < -0.3 is 20.9 Å². The first-order chi connectivity index (χ1) is 15.6. The quantitative estimate of drug-likeness (QED) is 0.657. The molecule has 2 aromatic carbocycles. The SMILES string of the molecule is CC1(N)C=CC(Oc2ccccc2S(=O)(=O)c2ccccc2OC2=CCC(C)(N)C=C2)=CC1. The normalized spacial score (nSPS) is 24.7. The van der Waals surface area contributed by atoms with Crippen molar-refractivity contribution < 1.29 is 17.9 Å². The molecule has 6 nitrogen and oxygen atoms in total. The van der Waals surface area contributed by atoms with Crippen molar-refractivity contribution in [2.45, 2.75) is 47.6 Å². The number of rotatable bonds is 6. The van der Waals surface area contributed by atoms with Crippen molar-refractivity contribution >= 4 is 9.84 Å². The molecule has 2 aliphatic carbocycles. The molecule has 0 spiro atoms. The molecule has 0 aromatic heterocycles. The van der Waals surface area contributed by atoms with E-state index in [-0.39, 0.29) is 21.3 Å². The highest BCUT2D eigenvalue weighted by Crippen LogP contribution is 2.36. The summed E-state index contributed by atoms with van der Waals surface area (Å²) in [4.78, 5) is 0.110. The Hall–Kier alpha value is -3.13. The fraction of sp³-hybridized carbons (Fsp3) is 0.231. The zero-order chi connectivity index (χ0) is 23.7. The number of ether oxygens (including phenoxy) is 2. The van der Waals surface area contributed by atoms with E-state index in [9.17, 15) is 8.42 Å². The Morgan fingerprint density at radius 3 is 1.48 bits per heavy atom. The van der Waals surface area contributed by atoms with Gasteiger partial charge in [-0.15, -0.1) is 0 Å². The Kier molecular flexibility index (Phi) is 6.05. The fourth-order valence-corrected chi connectivity index (χ4v) is 5.00. The second kappa shape index (κ2) is 8.67. The molecule has 2 atom stereocenters. The molecule has 172 valence electrons. The number of sulfone groups is 1. The van der Waals surface area contributed by atoms with Crippen LogP contribution in [0.2, 0.25) is 0 Å². The van der Waals surface area contributed by atoms with Crippen LogP contribution in [0.15, 0.2) is 106 Å². The van der Waals surface area contributed by atoms with Crippen LogP contribution in [0.25, 0.3) is 0 Å². The van der Waals surface area contributed by atoms with Gasteiger partial charge in [0, 0.05) is 11.1 Å². The van der Waals surface area contributed by atoms with Crippen molar-refractivity contribution in [3.8, 4) is 11.5 Å². The van der Waals surface area contributed by atoms with Gasteiger partial charge in [-0.05, 0) is 75.3 Å². The van der Waals surface area contributed by atoms with Gasteiger partial charge in [0.15, 0.2) is 0 Å². The molecular formula is C26H28N2O4S. The number of benzene rings is 2. The molecule has 0 radical (unpaired) electrons. The summed E-state index contributed by atoms with van der Waals surface area (Å²) < 4.78 is 39.3. The monoisotopic (exact) mass is 464 g/mol. The van der Waals surface area contributed by atoms with Gasteiger partial charge >= 0.3 is 0 Å². The zero-order valence-electron chi connectivity index (χ0n) is 18.7. The minimum Gasteiger partial charge on any atom is -0.456 e. The summed E-state index contributed by atoms with van der Waals surface area (Å²) in [5.74, 6) is 1.57. The second-order valence-corrected chi connectivity index (χ2v) is 10.8. The van der Waals surface area contributed by atoms with Crippen LogP contribution in [0.3, 0.4) is 0 Å². The lowest BCUT2D eigenvalue weighted by Gasteiger charge is -2.23. The van der Waals surface area contributed by atoms with Crippen molar-refractivity contribution in [2.75, 3.05) is 0 Å². The van der Waals surface area contributed by atoms with Gasteiger partial charge in [0.25, 0.3) is 0 Å². The van der Waals surface area contributed by atoms with E-state index in [4.69, 9.17) is 20.9 Å². The van der Waals surface area contributed by atoms with Crippen molar-refractivity contribution in [2.24, 2.45) is 11.5 Å². The van der Waals surface area contributed by atoms with Gasteiger partial charge in [-0.1, -0.05) is 36.4 Å². The molecular weight excluding hydrogens is 436 g/mol. The summed E-state index contributed by atoms with van der Waals surface area (Å²) in [5, 5.41) is 0. The lowest BCUT2D eigenvalue weighted by molar-refractivity contribution is 0.413. The molecule has 0 heterocycles. The Labute approximate surface area is 194 Å². The summed E-state index contributed by atoms with van der Waals surface area (Å²) >= 11 is 0. The third kappa shape index (κ3) is 5.27. The Balaban J connectivity index is 1.66. The molecule has 0 bridgehead atoms. The van der Waals surface area contributed by atoms with E-state index in [1.807, 2.05) is 38.2 Å². The Morgan fingerprint density at radius 2 is 1.12 bits per heavy atom. The summed E-state index contributed by atoms with van der Waals surface area (Å²) in [6, 6.07) is 13.1. The number of hydrogen-bond acceptors (Lipinski definition) is 6. The molecule has 2 aromatic rings. The number of nitrogens with two attached hydrogens (primary N) is 2. The van der Waals surface area contributed by atoms with Crippen molar-refractivity contribution in [1.82, 2.24) is 0 Å². The molecule has 0 amide bonds. The van der Waals surface area contributed by atoms with Crippen molar-refractivity contribution in [1.29, 1.82) is 0 Å². The van der Waals surface area contributed by atoms with Crippen molar-refractivity contribution in [3.63, 3.8) is 0 Å². The summed E-state index contributed by atoms with van der Waals surface area (Å²) in [7, 11) is -3.95. The topological polar surface area (TPSA) is 105 Å². The van der Waals surface area contributed by atoms with Gasteiger partial charge in [0.2, 0.25) is 9.84 Å². The lowest BCUT2D eigenvalue weighted by atomic mass is 9.94. The lowest BCUT2D eigenvalue weighted by Crippen LogP contribution is -2.34. The largest absolute Gasteiger partial charge is 0.456 e. The Morgan fingerprint density at radius 1 is 0.727 bits per heavy atom. The van der Waals surface area contributed by atoms with Crippen LogP contribution in [0.5, 0.6) is 11.5 Å². The molecule has 33 heavy (non-hydrogen) atoms. The van der Waals surface area contributed by atoms with Gasteiger partial charge in [-0.3, -0.25) is 0 Å². The van der Waals surface area contributed by atoms with Crippen LogP contribution < -0.4 is 20.9 Å². The fourth-order valence-electron chi connectivity index (χ4n) is 3.49. The van der Waals surface area contributed by atoms with Crippen LogP contribution in [0, 0.1) is 0 Å². The van der Waals surface area contributed by atoms with Gasteiger partial charge in [0.05, 0.1) is 0 Å². The third-order valence-corrected chi connectivity index (χ3v) is 7.31. The predicted octanol–water partition coefficient (Wildman–Crippen LogP) is 4.40. The number of para-hydroxylation sites is 2. The molecule has 4 N–H and O–H groups in total. The average Bonchev–Trinajstić information content (AvgIpc) is 2.77. The smallest absolute Gasteiger partial charge is 0.213 e. The van der Waals surface area contributed by atoms with Crippen LogP contribution >= 0.6 is 0 Å². The minimum atomic E-state index is -3.95. The highest BCUT2D eigenvalue weighted by Gasteiger charge is 2.27. The molecule has 2 unspecified atom stereocenters. The first-order valence-electron chi connectivity index (χ1n) is 10.7. The van der Waals surface area contributed by atoms with Gasteiger partial charge in [-0.25, -0.2) is 8.42 Å². The average molecular weight is 465 g/mol. The Bertz CT molecular complexity index is 1190. The maximum absolute atomic E-state index is 13.7. The summed E-state index contributed by atoms with van der Waals surface area (Å²) in [5.41, 5.74) is 11.3. The van der Waals surface area contributed by atoms with Crippen LogP contribution in [-0.2, 0) is 9.84 Å². The summed E-state index contributed by atoms with van der Waals surface area (Å²) in [6.45, 7) is 3.83. The maximum Gasteiger partial charge on any atom is 0.213 e. The third-order valence-electron chi connectivity index (χ3n) is 5.48. The molecule has 7 heteroatoms. The van der Waals surface area contributed by atoms with Gasteiger partial charge in [0.1, 0.15) is 32.8 Å². The molecule has 0 saturated carbocycles. The standard InChI is InChI=1S/C26H28N2O4S/c1-25(27)15-11-19(12-16-25)31-21-7-3-5-9-23(21)33(29,30)24-10-6-4-8-22(24)32-20-13-17-26(2,28)18-14-20/h3-15,17H,16,18,27-28H2,1-2H3. The molecule has 4 rings (SSSR count). The van der Waals surface area contributed by atoms with Crippen molar-refractivity contribution in [3.05, 3.63) is 96.5 Å². The molecule has 0 aliphatic heterocycles. The van der Waals surface area contributed by atoms with E-state index in [0.717, 1.165) is 0 Å². The molecule has 0 fully saturated rings. The van der Waals surface area contributed by atoms with E-state index in [1.54, 1.807) is 48.6 Å². The highest BCUT2D eigenvalue weighted by atomic mass is 32.2. The van der Waals surface area contributed by atoms with E-state index in [2.05, 4.69) is 0 Å². The van der Waals surface area contributed by atoms with Crippen LogP contribution in [-0.4, -0.2) is 19.5 Å². The molecule has 0 saturated heterocycles. The minimum absolute atomic E-state index is 0.0548. The van der Waals surface area contributed by atoms with Crippen LogP contribution in [0.1, 0.15) is 26.7 Å². The highest BCUT2D eigenvalue weighted by molar-refractivity contribution is 7.91.